The van der Waals surface area contributed by atoms with Gasteiger partial charge in [-0.15, -0.1) is 0 Å². The van der Waals surface area contributed by atoms with Crippen LogP contribution in [0.25, 0.3) is 0 Å². The normalized spacial score (nSPS) is 33.5. The summed E-state index contributed by atoms with van der Waals surface area (Å²) in [7, 11) is 0. The Morgan fingerprint density at radius 2 is 1.58 bits per heavy atom. The summed E-state index contributed by atoms with van der Waals surface area (Å²) in [6.45, 7) is 3.64. The fourth-order valence-corrected chi connectivity index (χ4v) is 4.69. The van der Waals surface area contributed by atoms with Gasteiger partial charge in [0.25, 0.3) is 0 Å². The largest absolute Gasteiger partial charge is 0.391 e. The molecule has 1 saturated carbocycles. The Morgan fingerprint density at radius 3 is 2.29 bits per heavy atom. The summed E-state index contributed by atoms with van der Waals surface area (Å²) >= 11 is 0. The maximum absolute atomic E-state index is 13.0. The van der Waals surface area contributed by atoms with Crippen LogP contribution in [0.3, 0.4) is 0 Å². The molecular weight excluding hydrogens is 317 g/mol. The zero-order chi connectivity index (χ0) is 17.2. The third-order valence-electron chi connectivity index (χ3n) is 6.10. The molecule has 3 unspecified atom stereocenters. The van der Waals surface area contributed by atoms with E-state index in [1.807, 2.05) is 4.90 Å². The lowest BCUT2D eigenvalue weighted by molar-refractivity contribution is -0.187. The Bertz CT molecular complexity index is 434. The number of rotatable bonds is 2. The van der Waals surface area contributed by atoms with Gasteiger partial charge in [-0.2, -0.15) is 13.2 Å². The van der Waals surface area contributed by atoms with E-state index in [1.165, 1.54) is 12.8 Å². The van der Waals surface area contributed by atoms with Gasteiger partial charge in [-0.05, 0) is 58.0 Å². The molecule has 6 heteroatoms. The first-order valence-electron chi connectivity index (χ1n) is 9.54. The first kappa shape index (κ1) is 18.0. The fraction of sp³-hybridized carbons (Fsp3) is 0.944. The van der Waals surface area contributed by atoms with E-state index >= 15 is 0 Å². The summed E-state index contributed by atoms with van der Waals surface area (Å²) < 4.78 is 39.1. The minimum Gasteiger partial charge on any atom is -0.341 e. The van der Waals surface area contributed by atoms with E-state index in [9.17, 15) is 18.0 Å². The standard InChI is InChI=1S/C18H29F3N2O/c19-18(20,21)15-7-5-6-14(12-15)17(24)23-11-2-1-8-16(13-23)22-9-3-4-10-22/h14-16H,1-13H2. The molecular formula is C18H29F3N2O. The highest BCUT2D eigenvalue weighted by Crippen LogP contribution is 2.40. The number of amides is 1. The van der Waals surface area contributed by atoms with E-state index in [-0.39, 0.29) is 18.7 Å². The van der Waals surface area contributed by atoms with Gasteiger partial charge >= 0.3 is 6.18 Å². The zero-order valence-corrected chi connectivity index (χ0v) is 14.4. The van der Waals surface area contributed by atoms with Gasteiger partial charge in [0.2, 0.25) is 5.91 Å². The van der Waals surface area contributed by atoms with Gasteiger partial charge in [-0.25, -0.2) is 0 Å². The molecule has 1 aliphatic carbocycles. The van der Waals surface area contributed by atoms with Crippen molar-refractivity contribution in [3.8, 4) is 0 Å². The summed E-state index contributed by atoms with van der Waals surface area (Å²) in [4.78, 5) is 17.2. The summed E-state index contributed by atoms with van der Waals surface area (Å²) in [5.41, 5.74) is 0. The van der Waals surface area contributed by atoms with Crippen LogP contribution >= 0.6 is 0 Å². The average Bonchev–Trinajstić information content (AvgIpc) is 2.98. The number of carbonyl (C=O) groups is 1. The monoisotopic (exact) mass is 346 g/mol. The summed E-state index contributed by atoms with van der Waals surface area (Å²) in [5, 5.41) is 0. The van der Waals surface area contributed by atoms with Crippen molar-refractivity contribution in [1.82, 2.24) is 9.80 Å². The number of likely N-dealkylation sites (tertiary alicyclic amines) is 2. The van der Waals surface area contributed by atoms with Gasteiger partial charge in [-0.1, -0.05) is 12.8 Å². The molecule has 3 aliphatic rings. The lowest BCUT2D eigenvalue weighted by atomic mass is 9.80. The molecule has 3 rings (SSSR count). The van der Waals surface area contributed by atoms with Crippen molar-refractivity contribution in [2.45, 2.75) is 70.0 Å². The van der Waals surface area contributed by atoms with Crippen LogP contribution in [-0.4, -0.2) is 54.1 Å². The van der Waals surface area contributed by atoms with Gasteiger partial charge in [0.05, 0.1) is 5.92 Å². The zero-order valence-electron chi connectivity index (χ0n) is 14.4. The van der Waals surface area contributed by atoms with Crippen LogP contribution in [0, 0.1) is 11.8 Å². The Balaban J connectivity index is 1.62. The molecule has 0 aromatic rings. The second kappa shape index (κ2) is 7.63. The molecule has 3 nitrogen and oxygen atoms in total. The van der Waals surface area contributed by atoms with Crippen molar-refractivity contribution >= 4 is 5.91 Å². The van der Waals surface area contributed by atoms with Crippen molar-refractivity contribution in [2.24, 2.45) is 11.8 Å². The van der Waals surface area contributed by atoms with E-state index in [2.05, 4.69) is 4.90 Å². The number of hydrogen-bond acceptors (Lipinski definition) is 2. The van der Waals surface area contributed by atoms with Crippen LogP contribution in [0.15, 0.2) is 0 Å². The first-order valence-corrected chi connectivity index (χ1v) is 9.54. The molecule has 0 N–H and O–H groups in total. The van der Waals surface area contributed by atoms with Crippen molar-refractivity contribution < 1.29 is 18.0 Å². The minimum absolute atomic E-state index is 0.00673. The molecule has 24 heavy (non-hydrogen) atoms. The number of hydrogen-bond donors (Lipinski definition) is 0. The van der Waals surface area contributed by atoms with Crippen molar-refractivity contribution in [1.29, 1.82) is 0 Å². The molecule has 0 spiro atoms. The number of nitrogens with zero attached hydrogens (tertiary/aromatic N) is 2. The maximum atomic E-state index is 13.0. The molecule has 0 aromatic carbocycles. The van der Waals surface area contributed by atoms with E-state index in [1.54, 1.807) is 0 Å². The van der Waals surface area contributed by atoms with Crippen LogP contribution in [-0.2, 0) is 4.79 Å². The summed E-state index contributed by atoms with van der Waals surface area (Å²) in [6, 6.07) is 0.404. The lowest BCUT2D eigenvalue weighted by Gasteiger charge is -2.35. The Hall–Kier alpha value is -0.780. The molecule has 2 heterocycles. The van der Waals surface area contributed by atoms with Crippen LogP contribution in [0.4, 0.5) is 13.2 Å². The van der Waals surface area contributed by atoms with E-state index < -0.39 is 18.0 Å². The summed E-state index contributed by atoms with van der Waals surface area (Å²) in [6.07, 6.45) is 2.81. The van der Waals surface area contributed by atoms with Gasteiger partial charge < -0.3 is 4.90 Å². The predicted octanol–water partition coefficient (Wildman–Crippen LogP) is 3.83. The molecule has 3 atom stereocenters. The Kier molecular flexibility index (Phi) is 5.73. The van der Waals surface area contributed by atoms with Crippen LogP contribution in [0.1, 0.15) is 57.8 Å². The van der Waals surface area contributed by atoms with Gasteiger partial charge in [0, 0.05) is 25.0 Å². The van der Waals surface area contributed by atoms with Crippen LogP contribution < -0.4 is 0 Å². The SMILES string of the molecule is O=C(C1CCCC(C(F)(F)F)C1)N1CCCCC(N2CCCC2)C1. The number of halogens is 3. The Labute approximate surface area is 142 Å². The Morgan fingerprint density at radius 1 is 0.875 bits per heavy atom. The molecule has 3 fully saturated rings. The topological polar surface area (TPSA) is 23.6 Å². The molecule has 2 aliphatic heterocycles. The van der Waals surface area contributed by atoms with Gasteiger partial charge in [-0.3, -0.25) is 9.69 Å². The first-order chi connectivity index (χ1) is 11.4. The van der Waals surface area contributed by atoms with Crippen molar-refractivity contribution in [3.05, 3.63) is 0 Å². The van der Waals surface area contributed by atoms with Crippen molar-refractivity contribution in [3.63, 3.8) is 0 Å². The van der Waals surface area contributed by atoms with Gasteiger partial charge in [0.15, 0.2) is 0 Å². The third-order valence-corrected chi connectivity index (χ3v) is 6.10. The predicted molar refractivity (Wildman–Crippen MR) is 86.5 cm³/mol. The maximum Gasteiger partial charge on any atom is 0.391 e. The quantitative estimate of drug-likeness (QED) is 0.759. The van der Waals surface area contributed by atoms with E-state index in [4.69, 9.17) is 0 Å². The van der Waals surface area contributed by atoms with Crippen molar-refractivity contribution in [2.75, 3.05) is 26.2 Å². The third kappa shape index (κ3) is 4.24. The van der Waals surface area contributed by atoms with Crippen LogP contribution in [0.5, 0.6) is 0 Å². The molecule has 2 saturated heterocycles. The number of carbonyl (C=O) groups excluding carboxylic acids is 1. The molecule has 0 aromatic heterocycles. The molecule has 138 valence electrons. The molecule has 0 bridgehead atoms. The second-order valence-corrected chi connectivity index (χ2v) is 7.78. The molecule has 0 radical (unpaired) electrons. The summed E-state index contributed by atoms with van der Waals surface area (Å²) in [5.74, 6) is -1.74. The highest BCUT2D eigenvalue weighted by Gasteiger charge is 2.44. The number of alkyl halides is 3. The van der Waals surface area contributed by atoms with Crippen LogP contribution in [0.2, 0.25) is 0 Å². The van der Waals surface area contributed by atoms with Gasteiger partial charge in [0.1, 0.15) is 0 Å². The highest BCUT2D eigenvalue weighted by atomic mass is 19.4. The second-order valence-electron chi connectivity index (χ2n) is 7.78. The minimum atomic E-state index is -4.16. The lowest BCUT2D eigenvalue weighted by Crippen LogP contribution is -2.46. The molecule has 1 amide bonds. The van der Waals surface area contributed by atoms with E-state index in [0.717, 1.165) is 38.9 Å². The smallest absolute Gasteiger partial charge is 0.341 e. The fourth-order valence-electron chi connectivity index (χ4n) is 4.69. The van der Waals surface area contributed by atoms with E-state index in [0.29, 0.717) is 25.4 Å². The highest BCUT2D eigenvalue weighted by molar-refractivity contribution is 5.79. The average molecular weight is 346 g/mol.